The second-order valence-corrected chi connectivity index (χ2v) is 8.33. The van der Waals surface area contributed by atoms with Crippen LogP contribution in [-0.2, 0) is 39.7 Å². The van der Waals surface area contributed by atoms with Crippen LogP contribution in [0.5, 0.6) is 11.5 Å². The number of ether oxygens (including phenoxy) is 1. The number of fused-ring (bicyclic) bond motifs is 5. The first-order chi connectivity index (χ1) is 16.1. The number of aromatic hydroxyl groups is 2. The molecule has 0 fully saturated rings. The summed E-state index contributed by atoms with van der Waals surface area (Å²) >= 11 is 0. The minimum Gasteiger partial charge on any atom is -0.507 e. The van der Waals surface area contributed by atoms with Crippen LogP contribution in [0.15, 0.2) is 23.0 Å². The monoisotopic (exact) mass is 469 g/mol. The van der Waals surface area contributed by atoms with E-state index in [1.807, 2.05) is 13.8 Å². The van der Waals surface area contributed by atoms with Crippen LogP contribution in [0.1, 0.15) is 43.0 Å². The Bertz CT molecular complexity index is 1380. The molecule has 0 bridgehead atoms. The number of phenols is 2. The Morgan fingerprint density at radius 3 is 2.56 bits per heavy atom. The van der Waals surface area contributed by atoms with E-state index in [9.17, 15) is 24.9 Å². The SMILES string of the molecule is CC.CN(C)OCc1c(O)cc(O)c2nc3c(cc12)Cn1c-3cc2c(c1=O)COC(=O)[C@@]2(C)O. The summed E-state index contributed by atoms with van der Waals surface area (Å²) in [5, 5.41) is 33.5. The smallest absolute Gasteiger partial charge is 0.342 e. The number of hydroxylamine groups is 2. The molecule has 10 nitrogen and oxygen atoms in total. The van der Waals surface area contributed by atoms with Gasteiger partial charge >= 0.3 is 5.97 Å². The summed E-state index contributed by atoms with van der Waals surface area (Å²) in [4.78, 5) is 35.3. The molecule has 1 aromatic carbocycles. The van der Waals surface area contributed by atoms with Crippen LogP contribution in [0.25, 0.3) is 22.3 Å². The Hall–Kier alpha value is -3.47. The van der Waals surface area contributed by atoms with Crippen LogP contribution in [0.2, 0.25) is 0 Å². The van der Waals surface area contributed by atoms with E-state index in [0.29, 0.717) is 27.9 Å². The van der Waals surface area contributed by atoms with Crippen molar-refractivity contribution >= 4 is 16.9 Å². The standard InChI is InChI=1S/C22H21N3O7.C2H6/c1-22(30)14-5-15-18-10(7-25(15)20(28)13(14)8-31-21(22)29)4-11-12(9-32-24(2)3)16(26)6-17(27)19(11)23-18;1-2/h4-6,26-27,30H,7-9H2,1-3H3;1-2H3/t22-;/m0./s1. The fourth-order valence-corrected chi connectivity index (χ4v) is 4.27. The van der Waals surface area contributed by atoms with E-state index in [4.69, 9.17) is 9.57 Å². The van der Waals surface area contributed by atoms with Gasteiger partial charge in [-0.3, -0.25) is 9.63 Å². The first kappa shape index (κ1) is 23.7. The molecule has 0 spiro atoms. The van der Waals surface area contributed by atoms with Crippen LogP contribution < -0.4 is 5.56 Å². The number of benzene rings is 1. The normalized spacial score (nSPS) is 18.1. The van der Waals surface area contributed by atoms with Crippen molar-refractivity contribution in [2.75, 3.05) is 14.1 Å². The molecule has 4 heterocycles. The molecule has 0 unspecified atom stereocenters. The van der Waals surface area contributed by atoms with Gasteiger partial charge in [-0.25, -0.2) is 9.78 Å². The van der Waals surface area contributed by atoms with Crippen LogP contribution in [0.4, 0.5) is 0 Å². The lowest BCUT2D eigenvalue weighted by atomic mass is 9.90. The van der Waals surface area contributed by atoms with E-state index >= 15 is 0 Å². The van der Waals surface area contributed by atoms with E-state index in [0.717, 1.165) is 0 Å². The molecule has 2 aliphatic rings. The Balaban J connectivity index is 0.00000133. The van der Waals surface area contributed by atoms with Gasteiger partial charge in [-0.1, -0.05) is 13.8 Å². The Morgan fingerprint density at radius 1 is 1.18 bits per heavy atom. The summed E-state index contributed by atoms with van der Waals surface area (Å²) in [6.45, 7) is 5.34. The van der Waals surface area contributed by atoms with E-state index in [-0.39, 0.29) is 53.5 Å². The summed E-state index contributed by atoms with van der Waals surface area (Å²) < 4.78 is 6.49. The maximum absolute atomic E-state index is 13.1. The third-order valence-corrected chi connectivity index (χ3v) is 5.96. The van der Waals surface area contributed by atoms with Gasteiger partial charge in [-0.05, 0) is 19.1 Å². The molecule has 0 amide bonds. The third kappa shape index (κ3) is 3.51. The number of cyclic esters (lactones) is 1. The molecule has 3 aromatic rings. The van der Waals surface area contributed by atoms with E-state index < -0.39 is 11.6 Å². The van der Waals surface area contributed by atoms with Crippen molar-refractivity contribution in [3.63, 3.8) is 0 Å². The molecule has 0 radical (unpaired) electrons. The van der Waals surface area contributed by atoms with Gasteiger partial charge in [0.1, 0.15) is 23.6 Å². The highest BCUT2D eigenvalue weighted by Gasteiger charge is 2.43. The number of carbonyl (C=O) groups is 1. The van der Waals surface area contributed by atoms with Gasteiger partial charge < -0.3 is 24.6 Å². The second-order valence-electron chi connectivity index (χ2n) is 8.33. The van der Waals surface area contributed by atoms with Gasteiger partial charge in [-0.15, -0.1) is 0 Å². The van der Waals surface area contributed by atoms with Crippen molar-refractivity contribution in [3.8, 4) is 22.9 Å². The lowest BCUT2D eigenvalue weighted by Gasteiger charge is -2.29. The maximum Gasteiger partial charge on any atom is 0.342 e. The van der Waals surface area contributed by atoms with Crippen molar-refractivity contribution in [3.05, 3.63) is 50.8 Å². The zero-order chi connectivity index (χ0) is 24.9. The molecule has 0 aliphatic carbocycles. The molecule has 3 N–H and O–H groups in total. The number of hydrogen-bond donors (Lipinski definition) is 3. The van der Waals surface area contributed by atoms with Gasteiger partial charge in [0.15, 0.2) is 5.60 Å². The summed E-state index contributed by atoms with van der Waals surface area (Å²) in [7, 11) is 3.42. The average molecular weight is 469 g/mol. The zero-order valence-electron chi connectivity index (χ0n) is 19.7. The van der Waals surface area contributed by atoms with E-state index in [2.05, 4.69) is 4.98 Å². The first-order valence-corrected chi connectivity index (χ1v) is 10.9. The number of phenolic OH excluding ortho intramolecular Hbond substituents is 2. The van der Waals surface area contributed by atoms with Gasteiger partial charge in [0.05, 0.1) is 30.1 Å². The lowest BCUT2D eigenvalue weighted by Crippen LogP contribution is -2.42. The topological polar surface area (TPSA) is 134 Å². The molecule has 2 aromatic heterocycles. The van der Waals surface area contributed by atoms with Crippen LogP contribution in [-0.4, -0.2) is 50.0 Å². The molecule has 34 heavy (non-hydrogen) atoms. The van der Waals surface area contributed by atoms with Gasteiger partial charge in [-0.2, -0.15) is 5.06 Å². The number of nitrogens with zero attached hydrogens (tertiary/aromatic N) is 3. The molecular formula is C24H27N3O7. The van der Waals surface area contributed by atoms with Gasteiger partial charge in [0.2, 0.25) is 0 Å². The number of carbonyl (C=O) groups excluding carboxylic acids is 1. The van der Waals surface area contributed by atoms with E-state index in [1.165, 1.54) is 22.6 Å². The van der Waals surface area contributed by atoms with Crippen molar-refractivity contribution in [2.24, 2.45) is 0 Å². The van der Waals surface area contributed by atoms with Crippen LogP contribution >= 0.6 is 0 Å². The maximum atomic E-state index is 13.1. The summed E-state index contributed by atoms with van der Waals surface area (Å²) in [5.74, 6) is -1.17. The summed E-state index contributed by atoms with van der Waals surface area (Å²) in [6.07, 6.45) is 0. The van der Waals surface area contributed by atoms with Gasteiger partial charge in [0.25, 0.3) is 5.56 Å². The molecule has 180 valence electrons. The second kappa shape index (κ2) is 8.39. The number of aromatic nitrogens is 2. The van der Waals surface area contributed by atoms with Crippen molar-refractivity contribution in [2.45, 2.75) is 46.1 Å². The predicted molar refractivity (Wildman–Crippen MR) is 123 cm³/mol. The largest absolute Gasteiger partial charge is 0.507 e. The minimum absolute atomic E-state index is 0.0551. The third-order valence-electron chi connectivity index (χ3n) is 5.96. The van der Waals surface area contributed by atoms with Crippen molar-refractivity contribution in [1.29, 1.82) is 0 Å². The number of esters is 1. The molecule has 0 saturated heterocycles. The van der Waals surface area contributed by atoms with Crippen LogP contribution in [0, 0.1) is 0 Å². The molecule has 2 aliphatic heterocycles. The number of hydrogen-bond acceptors (Lipinski definition) is 9. The first-order valence-electron chi connectivity index (χ1n) is 10.9. The molecule has 1 atom stereocenters. The Kier molecular flexibility index (Phi) is 5.84. The molecule has 0 saturated carbocycles. The minimum atomic E-state index is -1.95. The fourth-order valence-electron chi connectivity index (χ4n) is 4.27. The quantitative estimate of drug-likeness (QED) is 0.305. The highest BCUT2D eigenvalue weighted by atomic mass is 16.7. The average Bonchev–Trinajstić information content (AvgIpc) is 3.15. The van der Waals surface area contributed by atoms with Crippen molar-refractivity contribution < 1.29 is 29.7 Å². The van der Waals surface area contributed by atoms with Gasteiger partial charge in [0, 0.05) is 42.2 Å². The summed E-state index contributed by atoms with van der Waals surface area (Å²) in [5.41, 5.74) is 0.343. The summed E-state index contributed by atoms with van der Waals surface area (Å²) in [6, 6.07) is 4.54. The number of pyridine rings is 2. The lowest BCUT2D eigenvalue weighted by molar-refractivity contribution is -0.169. The van der Waals surface area contributed by atoms with Crippen molar-refractivity contribution in [1.82, 2.24) is 14.6 Å². The zero-order valence-corrected chi connectivity index (χ0v) is 19.7. The predicted octanol–water partition coefficient (Wildman–Crippen LogP) is 2.12. The fraction of sp³-hybridized carbons (Fsp3) is 0.375. The Labute approximate surface area is 195 Å². The van der Waals surface area contributed by atoms with Crippen LogP contribution in [0.3, 0.4) is 0 Å². The molecule has 5 rings (SSSR count). The Morgan fingerprint density at radius 2 is 1.88 bits per heavy atom. The molecule has 10 heteroatoms. The number of rotatable bonds is 3. The van der Waals surface area contributed by atoms with E-state index in [1.54, 1.807) is 26.2 Å². The molecular weight excluding hydrogens is 442 g/mol. The highest BCUT2D eigenvalue weighted by Crippen LogP contribution is 2.41. The number of aliphatic hydroxyl groups is 1. The highest BCUT2D eigenvalue weighted by molar-refractivity contribution is 5.93.